The number of sulfone groups is 1. The van der Waals surface area contributed by atoms with Crippen LogP contribution in [0.5, 0.6) is 0 Å². The smallest absolute Gasteiger partial charge is 0.151 e. The number of rotatable bonds is 2. The summed E-state index contributed by atoms with van der Waals surface area (Å²) in [4.78, 5) is 8.85. The van der Waals surface area contributed by atoms with Crippen LogP contribution in [-0.4, -0.2) is 62.0 Å². The Balaban J connectivity index is 1.58. The highest BCUT2D eigenvalue weighted by Crippen LogP contribution is 2.21. The highest BCUT2D eigenvalue weighted by molar-refractivity contribution is 7.91. The molecule has 3 rings (SSSR count). The van der Waals surface area contributed by atoms with E-state index in [0.717, 1.165) is 38.4 Å². The minimum Gasteiger partial charge on any atom is -0.354 e. The molecule has 0 aliphatic carbocycles. The normalized spacial score (nSPS) is 26.9. The lowest BCUT2D eigenvalue weighted by atomic mass is 10.2. The van der Waals surface area contributed by atoms with Crippen LogP contribution in [0.15, 0.2) is 18.3 Å². The van der Waals surface area contributed by atoms with E-state index in [-0.39, 0.29) is 6.04 Å². The fourth-order valence-corrected chi connectivity index (χ4v) is 4.81. The van der Waals surface area contributed by atoms with E-state index >= 15 is 0 Å². The van der Waals surface area contributed by atoms with Crippen molar-refractivity contribution >= 4 is 27.3 Å². The second-order valence-electron chi connectivity index (χ2n) is 5.41. The van der Waals surface area contributed by atoms with Crippen molar-refractivity contribution in [1.82, 2.24) is 9.88 Å². The largest absolute Gasteiger partial charge is 0.354 e. The van der Waals surface area contributed by atoms with Gasteiger partial charge in [-0.1, -0.05) is 11.6 Å². The van der Waals surface area contributed by atoms with Gasteiger partial charge in [-0.3, -0.25) is 4.90 Å². The predicted octanol–water partition coefficient (Wildman–Crippen LogP) is 1.04. The number of nitrogens with zero attached hydrogens (tertiary/aromatic N) is 3. The molecule has 1 atom stereocenters. The number of anilines is 1. The standard InChI is InChI=1S/C13H18ClN3O2S/c14-11-1-2-13(15-9-11)17-6-4-16(5-7-17)12-3-8-20(18,19)10-12/h1-2,9,12H,3-8,10H2. The summed E-state index contributed by atoms with van der Waals surface area (Å²) in [6.45, 7) is 3.55. The van der Waals surface area contributed by atoms with Crippen LogP contribution in [0.2, 0.25) is 5.02 Å². The van der Waals surface area contributed by atoms with Crippen molar-refractivity contribution in [3.63, 3.8) is 0 Å². The molecule has 0 N–H and O–H groups in total. The van der Waals surface area contributed by atoms with Gasteiger partial charge in [-0.15, -0.1) is 0 Å². The minimum absolute atomic E-state index is 0.209. The van der Waals surface area contributed by atoms with Gasteiger partial charge in [0.25, 0.3) is 0 Å². The first-order valence-electron chi connectivity index (χ1n) is 6.84. The molecule has 110 valence electrons. The van der Waals surface area contributed by atoms with Crippen LogP contribution in [-0.2, 0) is 9.84 Å². The summed E-state index contributed by atoms with van der Waals surface area (Å²) in [6, 6.07) is 3.98. The molecule has 1 unspecified atom stereocenters. The van der Waals surface area contributed by atoms with Crippen molar-refractivity contribution in [2.45, 2.75) is 12.5 Å². The summed E-state index contributed by atoms with van der Waals surface area (Å²) in [5.41, 5.74) is 0. The van der Waals surface area contributed by atoms with Crippen molar-refractivity contribution < 1.29 is 8.42 Å². The molecule has 20 heavy (non-hydrogen) atoms. The third-order valence-electron chi connectivity index (χ3n) is 4.07. The molecule has 3 heterocycles. The SMILES string of the molecule is O=S1(=O)CCC(N2CCN(c3ccc(Cl)cn3)CC2)C1. The second kappa shape index (κ2) is 5.50. The molecule has 2 aliphatic rings. The van der Waals surface area contributed by atoms with E-state index in [9.17, 15) is 8.42 Å². The van der Waals surface area contributed by atoms with Gasteiger partial charge in [0.1, 0.15) is 5.82 Å². The Morgan fingerprint density at radius 2 is 1.95 bits per heavy atom. The van der Waals surface area contributed by atoms with E-state index < -0.39 is 9.84 Å². The van der Waals surface area contributed by atoms with E-state index in [1.54, 1.807) is 6.20 Å². The molecule has 0 spiro atoms. The monoisotopic (exact) mass is 315 g/mol. The first-order chi connectivity index (χ1) is 9.53. The maximum atomic E-state index is 11.5. The van der Waals surface area contributed by atoms with Crippen molar-refractivity contribution in [3.8, 4) is 0 Å². The number of hydrogen-bond acceptors (Lipinski definition) is 5. The molecule has 5 nitrogen and oxygen atoms in total. The molecule has 2 fully saturated rings. The van der Waals surface area contributed by atoms with Crippen LogP contribution in [0.3, 0.4) is 0 Å². The number of pyridine rings is 1. The van der Waals surface area contributed by atoms with E-state index in [1.807, 2.05) is 12.1 Å². The van der Waals surface area contributed by atoms with E-state index in [2.05, 4.69) is 14.8 Å². The Kier molecular flexibility index (Phi) is 3.88. The van der Waals surface area contributed by atoms with Gasteiger partial charge in [0.2, 0.25) is 0 Å². The van der Waals surface area contributed by atoms with E-state index in [0.29, 0.717) is 16.5 Å². The van der Waals surface area contributed by atoms with Gasteiger partial charge in [-0.05, 0) is 18.6 Å². The second-order valence-corrected chi connectivity index (χ2v) is 8.08. The summed E-state index contributed by atoms with van der Waals surface area (Å²) in [6.07, 6.45) is 2.44. The molecule has 0 saturated carbocycles. The topological polar surface area (TPSA) is 53.5 Å². The van der Waals surface area contributed by atoms with Gasteiger partial charge in [0.05, 0.1) is 16.5 Å². The predicted molar refractivity (Wildman–Crippen MR) is 80.1 cm³/mol. The van der Waals surface area contributed by atoms with Crippen LogP contribution >= 0.6 is 11.6 Å². The minimum atomic E-state index is -2.80. The van der Waals surface area contributed by atoms with Crippen LogP contribution in [0, 0.1) is 0 Å². The molecule has 0 amide bonds. The zero-order valence-electron chi connectivity index (χ0n) is 11.2. The first kappa shape index (κ1) is 14.1. The molecule has 7 heteroatoms. The van der Waals surface area contributed by atoms with Crippen molar-refractivity contribution in [2.24, 2.45) is 0 Å². The molecule has 2 aliphatic heterocycles. The van der Waals surface area contributed by atoms with Gasteiger partial charge in [-0.25, -0.2) is 13.4 Å². The quantitative estimate of drug-likeness (QED) is 0.816. The zero-order chi connectivity index (χ0) is 14.2. The average Bonchev–Trinajstić information content (AvgIpc) is 2.80. The Labute approximate surface area is 124 Å². The Morgan fingerprint density at radius 3 is 2.50 bits per heavy atom. The molecule has 1 aromatic rings. The summed E-state index contributed by atoms with van der Waals surface area (Å²) < 4.78 is 23.1. The van der Waals surface area contributed by atoms with Crippen molar-refractivity contribution in [1.29, 1.82) is 0 Å². The lowest BCUT2D eigenvalue weighted by molar-refractivity contribution is 0.200. The van der Waals surface area contributed by atoms with Gasteiger partial charge in [0.15, 0.2) is 9.84 Å². The third-order valence-corrected chi connectivity index (χ3v) is 6.05. The number of halogens is 1. The maximum absolute atomic E-state index is 11.5. The molecule has 0 bridgehead atoms. The fourth-order valence-electron chi connectivity index (χ4n) is 2.93. The Bertz CT molecular complexity index is 568. The Morgan fingerprint density at radius 1 is 1.20 bits per heavy atom. The molecule has 0 aromatic carbocycles. The fraction of sp³-hybridized carbons (Fsp3) is 0.615. The van der Waals surface area contributed by atoms with Gasteiger partial charge < -0.3 is 4.90 Å². The highest BCUT2D eigenvalue weighted by Gasteiger charge is 2.33. The molecular weight excluding hydrogens is 298 g/mol. The summed E-state index contributed by atoms with van der Waals surface area (Å²) >= 11 is 5.84. The van der Waals surface area contributed by atoms with Crippen LogP contribution in [0.25, 0.3) is 0 Å². The van der Waals surface area contributed by atoms with Gasteiger partial charge >= 0.3 is 0 Å². The van der Waals surface area contributed by atoms with E-state index in [1.165, 1.54) is 0 Å². The average molecular weight is 316 g/mol. The van der Waals surface area contributed by atoms with Crippen molar-refractivity contribution in [3.05, 3.63) is 23.4 Å². The highest BCUT2D eigenvalue weighted by atomic mass is 35.5. The maximum Gasteiger partial charge on any atom is 0.151 e. The van der Waals surface area contributed by atoms with Crippen LogP contribution in [0.1, 0.15) is 6.42 Å². The first-order valence-corrected chi connectivity index (χ1v) is 9.04. The molecule has 0 radical (unpaired) electrons. The third kappa shape index (κ3) is 3.07. The summed E-state index contributed by atoms with van der Waals surface area (Å²) in [5.74, 6) is 1.61. The summed E-state index contributed by atoms with van der Waals surface area (Å²) in [5, 5.41) is 0.642. The number of aromatic nitrogens is 1. The Hall–Kier alpha value is -0.850. The van der Waals surface area contributed by atoms with Crippen LogP contribution in [0.4, 0.5) is 5.82 Å². The number of hydrogen-bond donors (Lipinski definition) is 0. The zero-order valence-corrected chi connectivity index (χ0v) is 12.8. The van der Waals surface area contributed by atoms with Crippen molar-refractivity contribution in [2.75, 3.05) is 42.6 Å². The van der Waals surface area contributed by atoms with Gasteiger partial charge in [-0.2, -0.15) is 0 Å². The lowest BCUT2D eigenvalue weighted by Crippen LogP contribution is -2.51. The van der Waals surface area contributed by atoms with E-state index in [4.69, 9.17) is 11.6 Å². The lowest BCUT2D eigenvalue weighted by Gasteiger charge is -2.38. The molecular formula is C13H18ClN3O2S. The van der Waals surface area contributed by atoms with Crippen LogP contribution < -0.4 is 4.90 Å². The molecule has 1 aromatic heterocycles. The number of piperazine rings is 1. The van der Waals surface area contributed by atoms with Gasteiger partial charge in [0, 0.05) is 38.4 Å². The summed E-state index contributed by atoms with van der Waals surface area (Å²) in [7, 11) is -2.80. The molecule has 2 saturated heterocycles.